The number of likely N-dealkylation sites (tertiary alicyclic amines) is 1. The van der Waals surface area contributed by atoms with E-state index in [0.717, 1.165) is 72.3 Å². The Balaban J connectivity index is 1.41. The first-order chi connectivity index (χ1) is 17.2. The van der Waals surface area contributed by atoms with Crippen molar-refractivity contribution in [3.8, 4) is 11.5 Å². The summed E-state index contributed by atoms with van der Waals surface area (Å²) in [5.74, 6) is 1.03. The highest BCUT2D eigenvalue weighted by molar-refractivity contribution is 6.01. The maximum Gasteiger partial charge on any atom is 0.252 e. The molecule has 1 aromatic carbocycles. The van der Waals surface area contributed by atoms with Gasteiger partial charge in [0.2, 0.25) is 0 Å². The predicted molar refractivity (Wildman–Crippen MR) is 141 cm³/mol. The smallest absolute Gasteiger partial charge is 0.252 e. The summed E-state index contributed by atoms with van der Waals surface area (Å²) in [6.07, 6.45) is 5.31. The number of rotatable bonds is 5. The first kappa shape index (κ1) is 23.1. The van der Waals surface area contributed by atoms with Crippen molar-refractivity contribution in [2.45, 2.75) is 64.1 Å². The third-order valence-corrected chi connectivity index (χ3v) is 7.03. The number of nitrogens with one attached hydrogen (secondary N) is 1. The van der Waals surface area contributed by atoms with Gasteiger partial charge in [0.15, 0.2) is 11.5 Å². The third-order valence-electron chi connectivity index (χ3n) is 7.03. The average molecular weight is 484 g/mol. The number of amides is 1. The van der Waals surface area contributed by atoms with Gasteiger partial charge in [0.05, 0.1) is 5.52 Å². The molecule has 6 rings (SSSR count). The molecule has 4 heterocycles. The third kappa shape index (κ3) is 4.47. The molecule has 1 unspecified atom stereocenters. The first-order valence-corrected chi connectivity index (χ1v) is 12.8. The molecule has 2 aliphatic rings. The van der Waals surface area contributed by atoms with E-state index in [1.54, 1.807) is 0 Å². The number of pyridine rings is 2. The highest BCUT2D eigenvalue weighted by atomic mass is 16.1. The largest absolute Gasteiger partial charge is 0.347 e. The van der Waals surface area contributed by atoms with E-state index in [1.807, 2.05) is 49.4 Å². The summed E-state index contributed by atoms with van der Waals surface area (Å²) in [7, 11) is 0. The molecule has 0 spiro atoms. The molecule has 36 heavy (non-hydrogen) atoms. The Morgan fingerprint density at radius 1 is 1.08 bits per heavy atom. The Morgan fingerprint density at radius 2 is 1.89 bits per heavy atom. The first-order valence-electron chi connectivity index (χ1n) is 12.8. The van der Waals surface area contributed by atoms with Crippen LogP contribution in [0.25, 0.3) is 28.1 Å². The van der Waals surface area contributed by atoms with Crippen LogP contribution in [0.5, 0.6) is 0 Å². The number of benzene rings is 1. The van der Waals surface area contributed by atoms with Crippen molar-refractivity contribution in [2.75, 3.05) is 13.1 Å². The van der Waals surface area contributed by atoms with Gasteiger partial charge < -0.3 is 11.1 Å². The lowest BCUT2D eigenvalue weighted by molar-refractivity contribution is 0.0918. The van der Waals surface area contributed by atoms with E-state index in [2.05, 4.69) is 38.7 Å². The van der Waals surface area contributed by atoms with Crippen LogP contribution >= 0.6 is 0 Å². The second-order valence-corrected chi connectivity index (χ2v) is 11.3. The van der Waals surface area contributed by atoms with Crippen LogP contribution in [0.15, 0.2) is 42.6 Å². The monoisotopic (exact) mass is 483 g/mol. The minimum absolute atomic E-state index is 0.0438. The minimum atomic E-state index is -0.305. The Morgan fingerprint density at radius 3 is 2.61 bits per heavy atom. The molecule has 1 saturated carbocycles. The van der Waals surface area contributed by atoms with Gasteiger partial charge in [0.1, 0.15) is 5.69 Å². The number of fused-ring (bicyclic) bond motifs is 2. The van der Waals surface area contributed by atoms with E-state index in [9.17, 15) is 4.79 Å². The van der Waals surface area contributed by atoms with Crippen molar-refractivity contribution >= 4 is 22.5 Å². The van der Waals surface area contributed by atoms with Crippen LogP contribution in [0.3, 0.4) is 0 Å². The predicted octanol–water partition coefficient (Wildman–Crippen LogP) is 3.88. The maximum absolute atomic E-state index is 13.2. The van der Waals surface area contributed by atoms with Crippen LogP contribution < -0.4 is 11.1 Å². The minimum Gasteiger partial charge on any atom is -0.347 e. The Hall–Kier alpha value is -3.36. The standard InChI is InChI=1S/C28H33N7O/c1-28(2,3)31-27(36)21-9-7-19-8-10-22(30-25(19)24(21)18-5-6-18)26-33-32-23-11-4-17(15-35(23)26)14-34-13-12-20(29)16-34/h4,7-11,15,18,20H,5-6,12-14,16,29H2,1-3H3,(H,31,36). The van der Waals surface area contributed by atoms with Gasteiger partial charge >= 0.3 is 0 Å². The van der Waals surface area contributed by atoms with Crippen molar-refractivity contribution in [3.63, 3.8) is 0 Å². The van der Waals surface area contributed by atoms with Crippen LogP contribution in [-0.2, 0) is 6.54 Å². The highest BCUT2D eigenvalue weighted by Crippen LogP contribution is 2.45. The van der Waals surface area contributed by atoms with Crippen LogP contribution in [0.4, 0.5) is 0 Å². The molecule has 1 atom stereocenters. The van der Waals surface area contributed by atoms with Gasteiger partial charge in [-0.25, -0.2) is 4.98 Å². The normalized spacial score (nSPS) is 18.8. The lowest BCUT2D eigenvalue weighted by Gasteiger charge is -2.22. The number of nitrogens with zero attached hydrogens (tertiary/aromatic N) is 5. The molecule has 1 saturated heterocycles. The Bertz CT molecular complexity index is 1460. The van der Waals surface area contributed by atoms with Gasteiger partial charge in [-0.3, -0.25) is 14.1 Å². The molecule has 1 amide bonds. The zero-order valence-corrected chi connectivity index (χ0v) is 21.2. The molecule has 186 valence electrons. The number of hydrogen-bond donors (Lipinski definition) is 2. The van der Waals surface area contributed by atoms with Crippen LogP contribution in [0, 0.1) is 0 Å². The molecule has 8 heteroatoms. The van der Waals surface area contributed by atoms with E-state index in [0.29, 0.717) is 11.7 Å². The number of hydrogen-bond acceptors (Lipinski definition) is 6. The SMILES string of the molecule is CC(C)(C)NC(=O)c1ccc2ccc(-c3nnc4ccc(CN5CCC(N)C5)cn34)nc2c1C1CC1. The Kier molecular flexibility index (Phi) is 5.53. The number of carbonyl (C=O) groups excluding carboxylic acids is 1. The van der Waals surface area contributed by atoms with Gasteiger partial charge in [-0.05, 0) is 75.3 Å². The fourth-order valence-electron chi connectivity index (χ4n) is 5.19. The van der Waals surface area contributed by atoms with Crippen molar-refractivity contribution in [2.24, 2.45) is 5.73 Å². The highest BCUT2D eigenvalue weighted by Gasteiger charge is 2.32. The summed E-state index contributed by atoms with van der Waals surface area (Å²) in [6, 6.07) is 12.4. The van der Waals surface area contributed by atoms with Crippen molar-refractivity contribution in [1.82, 2.24) is 29.8 Å². The van der Waals surface area contributed by atoms with Crippen molar-refractivity contribution < 1.29 is 4.79 Å². The molecular weight excluding hydrogens is 450 g/mol. The van der Waals surface area contributed by atoms with E-state index >= 15 is 0 Å². The Labute approximate surface area is 210 Å². The van der Waals surface area contributed by atoms with E-state index < -0.39 is 0 Å². The lowest BCUT2D eigenvalue weighted by atomic mass is 9.97. The fourth-order valence-corrected chi connectivity index (χ4v) is 5.19. The van der Waals surface area contributed by atoms with E-state index in [1.165, 1.54) is 5.56 Å². The van der Waals surface area contributed by atoms with Crippen molar-refractivity contribution in [1.29, 1.82) is 0 Å². The number of nitrogens with two attached hydrogens (primary N) is 1. The van der Waals surface area contributed by atoms with Crippen LogP contribution in [0.2, 0.25) is 0 Å². The average Bonchev–Trinajstić information content (AvgIpc) is 3.46. The molecule has 8 nitrogen and oxygen atoms in total. The molecule has 0 radical (unpaired) electrons. The topological polar surface area (TPSA) is 101 Å². The van der Waals surface area contributed by atoms with Gasteiger partial charge in [-0.2, -0.15) is 0 Å². The summed E-state index contributed by atoms with van der Waals surface area (Å²) in [4.78, 5) is 20.6. The summed E-state index contributed by atoms with van der Waals surface area (Å²) in [5, 5.41) is 13.0. The molecule has 2 fully saturated rings. The molecule has 0 bridgehead atoms. The summed E-state index contributed by atoms with van der Waals surface area (Å²) < 4.78 is 2.02. The van der Waals surface area contributed by atoms with Gasteiger partial charge in [-0.15, -0.1) is 10.2 Å². The second-order valence-electron chi connectivity index (χ2n) is 11.3. The molecule has 1 aliphatic heterocycles. The number of carbonyl (C=O) groups is 1. The lowest BCUT2D eigenvalue weighted by Crippen LogP contribution is -2.41. The molecule has 3 N–H and O–H groups in total. The van der Waals surface area contributed by atoms with Crippen LogP contribution in [0.1, 0.15) is 67.4 Å². The summed E-state index contributed by atoms with van der Waals surface area (Å²) >= 11 is 0. The van der Waals surface area contributed by atoms with Crippen molar-refractivity contribution in [3.05, 3.63) is 59.3 Å². The second kappa shape index (κ2) is 8.64. The zero-order chi connectivity index (χ0) is 25.0. The van der Waals surface area contributed by atoms with E-state index in [4.69, 9.17) is 10.7 Å². The molecule has 3 aromatic heterocycles. The molecule has 4 aromatic rings. The summed E-state index contributed by atoms with van der Waals surface area (Å²) in [5.41, 5.74) is 11.2. The fraction of sp³-hybridized carbons (Fsp3) is 0.429. The molecular formula is C28H33N7O. The maximum atomic E-state index is 13.2. The van der Waals surface area contributed by atoms with E-state index in [-0.39, 0.29) is 17.5 Å². The van der Waals surface area contributed by atoms with Gasteiger partial charge in [0, 0.05) is 48.4 Å². The summed E-state index contributed by atoms with van der Waals surface area (Å²) in [6.45, 7) is 8.81. The quantitative estimate of drug-likeness (QED) is 0.447. The molecule has 1 aliphatic carbocycles. The van der Waals surface area contributed by atoms with Gasteiger partial charge in [-0.1, -0.05) is 18.2 Å². The number of aromatic nitrogens is 4. The zero-order valence-electron chi connectivity index (χ0n) is 21.2. The van der Waals surface area contributed by atoms with Crippen LogP contribution in [-0.4, -0.2) is 55.1 Å². The van der Waals surface area contributed by atoms with Gasteiger partial charge in [0.25, 0.3) is 5.91 Å².